The Balaban J connectivity index is 1.58. The van der Waals surface area contributed by atoms with Gasteiger partial charge in [-0.2, -0.15) is 0 Å². The molecule has 2 aromatic rings. The molecule has 0 saturated carbocycles. The molecule has 0 unspecified atom stereocenters. The minimum Gasteiger partial charge on any atom is -0.376 e. The summed E-state index contributed by atoms with van der Waals surface area (Å²) in [6.07, 6.45) is 1.99. The van der Waals surface area contributed by atoms with Crippen LogP contribution >= 0.6 is 11.8 Å². The predicted molar refractivity (Wildman–Crippen MR) is 97.1 cm³/mol. The zero-order valence-corrected chi connectivity index (χ0v) is 15.2. The van der Waals surface area contributed by atoms with E-state index < -0.39 is 0 Å². The molecule has 0 spiro atoms. The number of aromatic amines is 1. The van der Waals surface area contributed by atoms with Gasteiger partial charge in [-0.05, 0) is 49.9 Å². The summed E-state index contributed by atoms with van der Waals surface area (Å²) in [5, 5.41) is 9.84. The van der Waals surface area contributed by atoms with Crippen LogP contribution in [0.1, 0.15) is 24.0 Å². The summed E-state index contributed by atoms with van der Waals surface area (Å²) in [5.74, 6) is 0.0512. The second kappa shape index (κ2) is 7.88. The van der Waals surface area contributed by atoms with Gasteiger partial charge in [0, 0.05) is 12.3 Å². The van der Waals surface area contributed by atoms with Gasteiger partial charge in [-0.1, -0.05) is 17.8 Å². The normalized spacial score (nSPS) is 17.0. The van der Waals surface area contributed by atoms with E-state index in [1.165, 1.54) is 17.3 Å². The number of anilines is 1. The molecule has 1 aliphatic rings. The quantitative estimate of drug-likeness (QED) is 0.768. The first-order valence-corrected chi connectivity index (χ1v) is 9.28. The SMILES string of the molecule is Cc1ccc(NC(=O)CSc2n[nH]c(=O)n2C[C@@H]2CCCO2)cc1C. The molecule has 1 atom stereocenters. The summed E-state index contributed by atoms with van der Waals surface area (Å²) in [5.41, 5.74) is 2.81. The van der Waals surface area contributed by atoms with E-state index in [9.17, 15) is 9.59 Å². The number of rotatable bonds is 6. The largest absolute Gasteiger partial charge is 0.376 e. The molecule has 2 heterocycles. The highest BCUT2D eigenvalue weighted by molar-refractivity contribution is 7.99. The van der Waals surface area contributed by atoms with Gasteiger partial charge in [0.2, 0.25) is 5.91 Å². The van der Waals surface area contributed by atoms with Crippen LogP contribution < -0.4 is 11.0 Å². The molecule has 25 heavy (non-hydrogen) atoms. The highest BCUT2D eigenvalue weighted by atomic mass is 32.2. The number of aromatic nitrogens is 3. The summed E-state index contributed by atoms with van der Waals surface area (Å²) in [7, 11) is 0. The van der Waals surface area contributed by atoms with Crippen LogP contribution in [-0.4, -0.2) is 39.1 Å². The first-order chi connectivity index (χ1) is 12.0. The number of H-pyrrole nitrogens is 1. The molecule has 134 valence electrons. The first-order valence-electron chi connectivity index (χ1n) is 8.29. The molecule has 0 bridgehead atoms. The van der Waals surface area contributed by atoms with Crippen LogP contribution in [-0.2, 0) is 16.1 Å². The van der Waals surface area contributed by atoms with E-state index >= 15 is 0 Å². The average molecular weight is 362 g/mol. The fraction of sp³-hybridized carbons (Fsp3) is 0.471. The Morgan fingerprint density at radius 1 is 1.44 bits per heavy atom. The van der Waals surface area contributed by atoms with Gasteiger partial charge in [-0.3, -0.25) is 9.36 Å². The van der Waals surface area contributed by atoms with E-state index in [-0.39, 0.29) is 23.5 Å². The Bertz CT molecular complexity index is 808. The second-order valence-electron chi connectivity index (χ2n) is 6.19. The smallest absolute Gasteiger partial charge is 0.344 e. The molecule has 1 aliphatic heterocycles. The summed E-state index contributed by atoms with van der Waals surface area (Å²) in [6, 6.07) is 5.80. The van der Waals surface area contributed by atoms with Crippen molar-refractivity contribution >= 4 is 23.4 Å². The van der Waals surface area contributed by atoms with E-state index in [1.807, 2.05) is 32.0 Å². The Kier molecular flexibility index (Phi) is 5.60. The van der Waals surface area contributed by atoms with Crippen LogP contribution in [0, 0.1) is 13.8 Å². The van der Waals surface area contributed by atoms with Gasteiger partial charge in [0.25, 0.3) is 0 Å². The van der Waals surface area contributed by atoms with Crippen molar-refractivity contribution < 1.29 is 9.53 Å². The predicted octanol–water partition coefficient (Wildman–Crippen LogP) is 2.10. The Morgan fingerprint density at radius 3 is 3.00 bits per heavy atom. The number of nitrogens with zero attached hydrogens (tertiary/aromatic N) is 2. The van der Waals surface area contributed by atoms with Crippen molar-refractivity contribution in [3.8, 4) is 0 Å². The van der Waals surface area contributed by atoms with Gasteiger partial charge in [-0.15, -0.1) is 5.10 Å². The molecule has 1 aromatic heterocycles. The van der Waals surface area contributed by atoms with E-state index in [0.29, 0.717) is 11.7 Å². The lowest BCUT2D eigenvalue weighted by molar-refractivity contribution is -0.113. The lowest BCUT2D eigenvalue weighted by Gasteiger charge is -2.11. The van der Waals surface area contributed by atoms with Crippen molar-refractivity contribution in [1.29, 1.82) is 0 Å². The number of hydrogen-bond donors (Lipinski definition) is 2. The molecular formula is C17H22N4O3S. The van der Waals surface area contributed by atoms with Gasteiger partial charge in [0.1, 0.15) is 0 Å². The Morgan fingerprint density at radius 2 is 2.28 bits per heavy atom. The second-order valence-corrected chi connectivity index (χ2v) is 7.14. The molecule has 0 radical (unpaired) electrons. The lowest BCUT2D eigenvalue weighted by Crippen LogP contribution is -2.25. The number of carbonyl (C=O) groups is 1. The van der Waals surface area contributed by atoms with Crippen molar-refractivity contribution in [2.75, 3.05) is 17.7 Å². The molecule has 1 fully saturated rings. The molecule has 1 aromatic carbocycles. The van der Waals surface area contributed by atoms with Gasteiger partial charge in [0.05, 0.1) is 18.4 Å². The van der Waals surface area contributed by atoms with E-state index in [1.54, 1.807) is 4.57 Å². The van der Waals surface area contributed by atoms with Crippen molar-refractivity contribution in [2.45, 2.75) is 44.5 Å². The van der Waals surface area contributed by atoms with Crippen LogP contribution in [0.4, 0.5) is 5.69 Å². The minimum atomic E-state index is -0.271. The van der Waals surface area contributed by atoms with Crippen molar-refractivity contribution in [3.63, 3.8) is 0 Å². The molecule has 1 saturated heterocycles. The highest BCUT2D eigenvalue weighted by Gasteiger charge is 2.20. The molecule has 2 N–H and O–H groups in total. The number of hydrogen-bond acceptors (Lipinski definition) is 5. The van der Waals surface area contributed by atoms with Gasteiger partial charge < -0.3 is 10.1 Å². The topological polar surface area (TPSA) is 89.0 Å². The maximum absolute atomic E-state index is 12.2. The molecular weight excluding hydrogens is 340 g/mol. The maximum atomic E-state index is 12.2. The standard InChI is InChI=1S/C17H22N4O3S/c1-11-5-6-13(8-12(11)2)18-15(22)10-25-17-20-19-16(23)21(17)9-14-4-3-7-24-14/h5-6,8,14H,3-4,7,9-10H2,1-2H3,(H,18,22)(H,19,23)/t14-/m0/s1. The number of carbonyl (C=O) groups excluding carboxylic acids is 1. The fourth-order valence-electron chi connectivity index (χ4n) is 2.71. The summed E-state index contributed by atoms with van der Waals surface area (Å²) < 4.78 is 7.12. The first kappa shape index (κ1) is 17.8. The van der Waals surface area contributed by atoms with Crippen molar-refractivity contribution in [3.05, 3.63) is 39.8 Å². The average Bonchev–Trinajstić information content (AvgIpc) is 3.21. The fourth-order valence-corrected chi connectivity index (χ4v) is 3.47. The third-order valence-corrected chi connectivity index (χ3v) is 5.23. The van der Waals surface area contributed by atoms with Crippen molar-refractivity contribution in [1.82, 2.24) is 14.8 Å². The maximum Gasteiger partial charge on any atom is 0.344 e. The monoisotopic (exact) mass is 362 g/mol. The third kappa shape index (κ3) is 4.52. The van der Waals surface area contributed by atoms with Gasteiger partial charge >= 0.3 is 5.69 Å². The van der Waals surface area contributed by atoms with Crippen LogP contribution in [0.5, 0.6) is 0 Å². The number of nitrogens with one attached hydrogen (secondary N) is 2. The summed E-state index contributed by atoms with van der Waals surface area (Å²) in [6.45, 7) is 5.24. The third-order valence-electron chi connectivity index (χ3n) is 4.26. The van der Waals surface area contributed by atoms with Gasteiger partial charge in [0.15, 0.2) is 5.16 Å². The lowest BCUT2D eigenvalue weighted by atomic mass is 10.1. The van der Waals surface area contributed by atoms with Crippen LogP contribution in [0.2, 0.25) is 0 Å². The van der Waals surface area contributed by atoms with E-state index in [2.05, 4.69) is 15.5 Å². The molecule has 0 aliphatic carbocycles. The summed E-state index contributed by atoms with van der Waals surface area (Å²) >= 11 is 1.24. The summed E-state index contributed by atoms with van der Waals surface area (Å²) in [4.78, 5) is 24.1. The number of amides is 1. The van der Waals surface area contributed by atoms with Crippen LogP contribution in [0.25, 0.3) is 0 Å². The highest BCUT2D eigenvalue weighted by Crippen LogP contribution is 2.19. The number of thioether (sulfide) groups is 1. The number of ether oxygens (including phenoxy) is 1. The van der Waals surface area contributed by atoms with Gasteiger partial charge in [-0.25, -0.2) is 9.89 Å². The van der Waals surface area contributed by atoms with Crippen LogP contribution in [0.15, 0.2) is 28.2 Å². The Labute approximate surface area is 150 Å². The molecule has 8 heteroatoms. The minimum absolute atomic E-state index is 0.0408. The molecule has 1 amide bonds. The molecule has 3 rings (SSSR count). The molecule has 7 nitrogen and oxygen atoms in total. The Hall–Kier alpha value is -2.06. The number of aryl methyl sites for hydroxylation is 2. The van der Waals surface area contributed by atoms with E-state index in [0.717, 1.165) is 30.7 Å². The zero-order valence-electron chi connectivity index (χ0n) is 14.4. The van der Waals surface area contributed by atoms with Crippen molar-refractivity contribution in [2.24, 2.45) is 0 Å². The number of benzene rings is 1. The van der Waals surface area contributed by atoms with E-state index in [4.69, 9.17) is 4.74 Å². The zero-order chi connectivity index (χ0) is 17.8. The van der Waals surface area contributed by atoms with Crippen LogP contribution in [0.3, 0.4) is 0 Å².